The minimum Gasteiger partial charge on any atom is -0.465 e. The summed E-state index contributed by atoms with van der Waals surface area (Å²) < 4.78 is 5.69. The molecule has 0 bridgehead atoms. The topological polar surface area (TPSA) is 55.4 Å². The number of carbonyl (C=O) groups is 2. The average molecular weight is 372 g/mol. The van der Waals surface area contributed by atoms with Gasteiger partial charge in [0, 0.05) is 22.2 Å². The van der Waals surface area contributed by atoms with Gasteiger partial charge in [0.2, 0.25) is 0 Å². The van der Waals surface area contributed by atoms with Crippen LogP contribution >= 0.6 is 15.9 Å². The zero-order valence-electron chi connectivity index (χ0n) is 12.4. The van der Waals surface area contributed by atoms with Gasteiger partial charge in [0.15, 0.2) is 0 Å². The van der Waals surface area contributed by atoms with Crippen molar-refractivity contribution in [1.82, 2.24) is 0 Å². The van der Waals surface area contributed by atoms with E-state index in [1.807, 2.05) is 24.3 Å². The van der Waals surface area contributed by atoms with Gasteiger partial charge in [0.05, 0.1) is 12.7 Å². The van der Waals surface area contributed by atoms with E-state index in [9.17, 15) is 9.59 Å². The molecular weight excluding hydrogens is 358 g/mol. The molecule has 5 heteroatoms. The molecule has 1 aliphatic heterocycles. The molecule has 1 heterocycles. The molecule has 0 aromatic heterocycles. The average Bonchev–Trinajstić information content (AvgIpc) is 2.55. The molecule has 0 spiro atoms. The number of carbonyl (C=O) groups excluding carboxylic acids is 2. The summed E-state index contributed by atoms with van der Waals surface area (Å²) in [4.78, 5) is 23.8. The van der Waals surface area contributed by atoms with Crippen molar-refractivity contribution in [1.29, 1.82) is 0 Å². The maximum atomic E-state index is 12.2. The molecule has 1 aliphatic rings. The van der Waals surface area contributed by atoms with Gasteiger partial charge in [0.25, 0.3) is 5.91 Å². The maximum Gasteiger partial charge on any atom is 0.337 e. The second kappa shape index (κ2) is 6.38. The van der Waals surface area contributed by atoms with Gasteiger partial charge in [-0.2, -0.15) is 0 Å². The van der Waals surface area contributed by atoms with Crippen LogP contribution in [0.25, 0.3) is 6.08 Å². The van der Waals surface area contributed by atoms with Gasteiger partial charge >= 0.3 is 5.97 Å². The third-order valence-electron chi connectivity index (χ3n) is 3.64. The van der Waals surface area contributed by atoms with Crippen molar-refractivity contribution in [3.05, 3.63) is 69.2 Å². The molecule has 0 saturated carbocycles. The Hall–Kier alpha value is -2.40. The first-order valence-corrected chi connectivity index (χ1v) is 7.85. The molecule has 0 aliphatic carbocycles. The predicted octanol–water partition coefficient (Wildman–Crippen LogP) is 3.81. The number of benzene rings is 2. The van der Waals surface area contributed by atoms with Crippen LogP contribution in [0.4, 0.5) is 5.69 Å². The summed E-state index contributed by atoms with van der Waals surface area (Å²) in [5.74, 6) is -0.518. The fourth-order valence-corrected chi connectivity index (χ4v) is 2.92. The van der Waals surface area contributed by atoms with Crippen molar-refractivity contribution in [3.63, 3.8) is 0 Å². The molecule has 4 nitrogen and oxygen atoms in total. The van der Waals surface area contributed by atoms with Crippen LogP contribution in [0.1, 0.15) is 21.5 Å². The molecule has 1 amide bonds. The van der Waals surface area contributed by atoms with E-state index in [0.29, 0.717) is 17.6 Å². The van der Waals surface area contributed by atoms with Crippen molar-refractivity contribution in [2.24, 2.45) is 0 Å². The minimum absolute atomic E-state index is 0.122. The van der Waals surface area contributed by atoms with E-state index < -0.39 is 5.97 Å². The van der Waals surface area contributed by atoms with Gasteiger partial charge in [-0.1, -0.05) is 28.1 Å². The Morgan fingerprint density at radius 3 is 2.87 bits per heavy atom. The van der Waals surface area contributed by atoms with E-state index in [4.69, 9.17) is 4.74 Å². The highest BCUT2D eigenvalue weighted by atomic mass is 79.9. The van der Waals surface area contributed by atoms with Gasteiger partial charge in [-0.05, 0) is 47.5 Å². The number of rotatable bonds is 2. The van der Waals surface area contributed by atoms with Crippen LogP contribution < -0.4 is 5.32 Å². The van der Waals surface area contributed by atoms with E-state index in [2.05, 4.69) is 21.2 Å². The lowest BCUT2D eigenvalue weighted by atomic mass is 9.96. The summed E-state index contributed by atoms with van der Waals surface area (Å²) in [5, 5.41) is 2.89. The summed E-state index contributed by atoms with van der Waals surface area (Å²) in [5.41, 5.74) is 3.78. The van der Waals surface area contributed by atoms with Gasteiger partial charge in [-0.25, -0.2) is 4.79 Å². The first kappa shape index (κ1) is 15.5. The van der Waals surface area contributed by atoms with Crippen LogP contribution in [0.2, 0.25) is 0 Å². The van der Waals surface area contributed by atoms with Crippen LogP contribution in [-0.2, 0) is 16.0 Å². The van der Waals surface area contributed by atoms with Crippen LogP contribution in [0, 0.1) is 0 Å². The third kappa shape index (κ3) is 3.35. The summed E-state index contributed by atoms with van der Waals surface area (Å²) in [7, 11) is 1.34. The molecule has 0 unspecified atom stereocenters. The molecule has 0 saturated heterocycles. The molecule has 2 aromatic carbocycles. The zero-order chi connectivity index (χ0) is 16.4. The third-order valence-corrected chi connectivity index (χ3v) is 4.13. The fourth-order valence-electron chi connectivity index (χ4n) is 2.51. The van der Waals surface area contributed by atoms with Crippen LogP contribution in [0.15, 0.2) is 52.5 Å². The number of esters is 1. The Balaban J connectivity index is 1.94. The van der Waals surface area contributed by atoms with E-state index in [0.717, 1.165) is 21.3 Å². The number of amides is 1. The highest BCUT2D eigenvalue weighted by molar-refractivity contribution is 9.10. The lowest BCUT2D eigenvalue weighted by Crippen LogP contribution is -2.22. The molecular formula is C18H14BrNO3. The summed E-state index contributed by atoms with van der Waals surface area (Å²) in [6, 6.07) is 12.8. The smallest absolute Gasteiger partial charge is 0.337 e. The molecule has 2 aromatic rings. The first-order chi connectivity index (χ1) is 11.1. The maximum absolute atomic E-state index is 12.2. The SMILES string of the molecule is COC(=O)c1cccc(C=C2Cc3cc(Br)ccc3NC2=O)c1. The van der Waals surface area contributed by atoms with Crippen LogP contribution in [-0.4, -0.2) is 19.0 Å². The minimum atomic E-state index is -0.396. The molecule has 0 atom stereocenters. The summed E-state index contributed by atoms with van der Waals surface area (Å²) >= 11 is 3.44. The van der Waals surface area contributed by atoms with Gasteiger partial charge < -0.3 is 10.1 Å². The first-order valence-electron chi connectivity index (χ1n) is 7.05. The fraction of sp³-hybridized carbons (Fsp3) is 0.111. The molecule has 0 fully saturated rings. The number of ether oxygens (including phenoxy) is 1. The van der Waals surface area contributed by atoms with E-state index in [1.165, 1.54) is 7.11 Å². The normalized spacial score (nSPS) is 15.0. The Morgan fingerprint density at radius 2 is 2.09 bits per heavy atom. The summed E-state index contributed by atoms with van der Waals surface area (Å²) in [6.45, 7) is 0. The molecule has 3 rings (SSSR count). The molecule has 1 N–H and O–H groups in total. The lowest BCUT2D eigenvalue weighted by molar-refractivity contribution is -0.113. The summed E-state index contributed by atoms with van der Waals surface area (Å²) in [6.07, 6.45) is 2.34. The molecule has 0 radical (unpaired) electrons. The van der Waals surface area contributed by atoms with Crippen LogP contribution in [0.3, 0.4) is 0 Å². The van der Waals surface area contributed by atoms with Gasteiger partial charge in [0.1, 0.15) is 0 Å². The Labute approximate surface area is 142 Å². The molecule has 23 heavy (non-hydrogen) atoms. The highest BCUT2D eigenvalue weighted by Crippen LogP contribution is 2.29. The van der Waals surface area contributed by atoms with Crippen molar-refractivity contribution >= 4 is 39.6 Å². The van der Waals surface area contributed by atoms with Crippen molar-refractivity contribution in [2.75, 3.05) is 12.4 Å². The number of nitrogens with one attached hydrogen (secondary N) is 1. The second-order valence-electron chi connectivity index (χ2n) is 5.22. The lowest BCUT2D eigenvalue weighted by Gasteiger charge is -2.19. The van der Waals surface area contributed by atoms with Crippen LogP contribution in [0.5, 0.6) is 0 Å². The number of hydrogen-bond donors (Lipinski definition) is 1. The van der Waals surface area contributed by atoms with E-state index in [1.54, 1.807) is 24.3 Å². The molecule has 116 valence electrons. The Bertz CT molecular complexity index is 827. The van der Waals surface area contributed by atoms with Crippen molar-refractivity contribution in [3.8, 4) is 0 Å². The Morgan fingerprint density at radius 1 is 1.26 bits per heavy atom. The highest BCUT2D eigenvalue weighted by Gasteiger charge is 2.20. The Kier molecular flexibility index (Phi) is 4.30. The van der Waals surface area contributed by atoms with Crippen molar-refractivity contribution < 1.29 is 14.3 Å². The van der Waals surface area contributed by atoms with Crippen molar-refractivity contribution in [2.45, 2.75) is 6.42 Å². The van der Waals surface area contributed by atoms with Gasteiger partial charge in [-0.15, -0.1) is 0 Å². The quantitative estimate of drug-likeness (QED) is 0.644. The number of anilines is 1. The standard InChI is InChI=1S/C18H14BrNO3/c1-23-18(22)12-4-2-3-11(7-12)8-14-9-13-10-15(19)5-6-16(13)20-17(14)21/h2-8,10H,9H2,1H3,(H,20,21). The number of hydrogen-bond acceptors (Lipinski definition) is 3. The monoisotopic (exact) mass is 371 g/mol. The second-order valence-corrected chi connectivity index (χ2v) is 6.13. The van der Waals surface area contributed by atoms with E-state index >= 15 is 0 Å². The zero-order valence-corrected chi connectivity index (χ0v) is 14.0. The van der Waals surface area contributed by atoms with E-state index in [-0.39, 0.29) is 5.91 Å². The largest absolute Gasteiger partial charge is 0.465 e. The number of halogens is 1. The van der Waals surface area contributed by atoms with Gasteiger partial charge in [-0.3, -0.25) is 4.79 Å². The number of fused-ring (bicyclic) bond motifs is 1. The number of methoxy groups -OCH3 is 1. The predicted molar refractivity (Wildman–Crippen MR) is 92.2 cm³/mol.